The molecule has 0 atom stereocenters. The molecule has 0 radical (unpaired) electrons. The van der Waals surface area contributed by atoms with Gasteiger partial charge in [0.2, 0.25) is 15.9 Å². The minimum atomic E-state index is -3.72. The van der Waals surface area contributed by atoms with Gasteiger partial charge in [-0.15, -0.1) is 0 Å². The lowest BCUT2D eigenvalue weighted by molar-refractivity contribution is -0.119. The van der Waals surface area contributed by atoms with E-state index >= 15 is 0 Å². The normalized spacial score (nSPS) is 12.8. The number of carbonyl (C=O) groups is 1. The Balaban J connectivity index is 1.36. The first-order valence-electron chi connectivity index (χ1n) is 11.3. The van der Waals surface area contributed by atoms with Crippen LogP contribution in [0.3, 0.4) is 0 Å². The summed E-state index contributed by atoms with van der Waals surface area (Å²) in [5.74, 6) is 0.581. The number of benzene rings is 3. The van der Waals surface area contributed by atoms with Gasteiger partial charge in [-0.25, -0.2) is 8.42 Å². The molecule has 0 aromatic heterocycles. The van der Waals surface area contributed by atoms with Crippen molar-refractivity contribution >= 4 is 27.3 Å². The quantitative estimate of drug-likeness (QED) is 0.448. The van der Waals surface area contributed by atoms with E-state index in [2.05, 4.69) is 28.4 Å². The molecule has 0 aliphatic carbocycles. The van der Waals surface area contributed by atoms with Gasteiger partial charge in [-0.05, 0) is 48.7 Å². The Bertz CT molecular complexity index is 1230. The van der Waals surface area contributed by atoms with Crippen molar-refractivity contribution in [1.82, 2.24) is 5.32 Å². The van der Waals surface area contributed by atoms with Crippen LogP contribution in [0, 0.1) is 0 Å². The van der Waals surface area contributed by atoms with Gasteiger partial charge in [0.1, 0.15) is 12.3 Å². The molecule has 1 aliphatic heterocycles. The van der Waals surface area contributed by atoms with Crippen molar-refractivity contribution in [2.45, 2.75) is 12.8 Å². The van der Waals surface area contributed by atoms with Crippen LogP contribution >= 0.6 is 0 Å². The lowest BCUT2D eigenvalue weighted by atomic mass is 10.2. The van der Waals surface area contributed by atoms with E-state index < -0.39 is 10.0 Å². The first kappa shape index (κ1) is 23.6. The Morgan fingerprint density at radius 1 is 1.00 bits per heavy atom. The molecule has 1 N–H and O–H groups in total. The van der Waals surface area contributed by atoms with Gasteiger partial charge in [0.05, 0.1) is 11.9 Å². The molecule has 1 heterocycles. The first-order chi connectivity index (χ1) is 16.4. The Kier molecular flexibility index (Phi) is 7.37. The van der Waals surface area contributed by atoms with Crippen LogP contribution < -0.4 is 19.3 Å². The lowest BCUT2D eigenvalue weighted by Crippen LogP contribution is -2.41. The molecule has 0 saturated carbocycles. The monoisotopic (exact) mass is 479 g/mol. The average molecular weight is 480 g/mol. The molecule has 1 amide bonds. The molecule has 0 bridgehead atoms. The molecule has 34 heavy (non-hydrogen) atoms. The van der Waals surface area contributed by atoms with E-state index in [1.165, 1.54) is 11.3 Å². The highest BCUT2D eigenvalue weighted by atomic mass is 32.2. The van der Waals surface area contributed by atoms with Crippen LogP contribution in [0.5, 0.6) is 11.5 Å². The summed E-state index contributed by atoms with van der Waals surface area (Å²) >= 11 is 0. The summed E-state index contributed by atoms with van der Waals surface area (Å²) in [4.78, 5) is 15.0. The van der Waals surface area contributed by atoms with Crippen molar-refractivity contribution in [3.05, 3.63) is 84.4 Å². The van der Waals surface area contributed by atoms with Crippen molar-refractivity contribution in [3.63, 3.8) is 0 Å². The zero-order valence-corrected chi connectivity index (χ0v) is 20.0. The van der Waals surface area contributed by atoms with Crippen molar-refractivity contribution in [2.75, 3.05) is 41.6 Å². The third-order valence-corrected chi connectivity index (χ3v) is 6.83. The molecular weight excluding hydrogens is 450 g/mol. The maximum atomic E-state index is 12.7. The molecule has 0 unspecified atom stereocenters. The van der Waals surface area contributed by atoms with Gasteiger partial charge in [0, 0.05) is 25.3 Å². The summed E-state index contributed by atoms with van der Waals surface area (Å²) in [5.41, 5.74) is 2.93. The number of para-hydroxylation sites is 4. The third kappa shape index (κ3) is 5.88. The zero-order chi connectivity index (χ0) is 24.0. The van der Waals surface area contributed by atoms with E-state index in [0.29, 0.717) is 23.7 Å². The number of amides is 1. The molecule has 8 heteroatoms. The second kappa shape index (κ2) is 10.6. The zero-order valence-electron chi connectivity index (χ0n) is 19.2. The van der Waals surface area contributed by atoms with Gasteiger partial charge in [-0.1, -0.05) is 48.5 Å². The van der Waals surface area contributed by atoms with E-state index in [9.17, 15) is 13.2 Å². The van der Waals surface area contributed by atoms with Crippen LogP contribution in [0.4, 0.5) is 11.4 Å². The summed E-state index contributed by atoms with van der Waals surface area (Å²) in [7, 11) is -3.72. The Hall–Kier alpha value is -3.52. The number of rotatable bonds is 10. The number of hydrogen-bond donors (Lipinski definition) is 1. The summed E-state index contributed by atoms with van der Waals surface area (Å²) in [5, 5.41) is 2.86. The van der Waals surface area contributed by atoms with Crippen LogP contribution in [0.2, 0.25) is 0 Å². The fourth-order valence-electron chi connectivity index (χ4n) is 4.07. The molecule has 3 aromatic carbocycles. The van der Waals surface area contributed by atoms with Crippen molar-refractivity contribution in [2.24, 2.45) is 0 Å². The molecule has 0 fully saturated rings. The number of hydrogen-bond acceptors (Lipinski definition) is 5. The Labute approximate surface area is 201 Å². The van der Waals surface area contributed by atoms with E-state index in [1.54, 1.807) is 36.4 Å². The fraction of sp³-hybridized carbons (Fsp3) is 0.269. The number of nitrogens with one attached hydrogen (secondary N) is 1. The Morgan fingerprint density at radius 2 is 1.71 bits per heavy atom. The van der Waals surface area contributed by atoms with E-state index in [0.717, 1.165) is 36.5 Å². The van der Waals surface area contributed by atoms with Gasteiger partial charge in [-0.3, -0.25) is 9.10 Å². The molecule has 3 aromatic rings. The number of sulfonamides is 1. The number of ether oxygens (including phenoxy) is 1. The van der Waals surface area contributed by atoms with E-state index in [-0.39, 0.29) is 12.5 Å². The maximum absolute atomic E-state index is 12.7. The topological polar surface area (TPSA) is 79.0 Å². The summed E-state index contributed by atoms with van der Waals surface area (Å²) in [6, 6.07) is 24.3. The molecular formula is C26H29N3O4S. The fourth-order valence-corrected chi connectivity index (χ4v) is 4.93. The summed E-state index contributed by atoms with van der Waals surface area (Å²) < 4.78 is 32.1. The molecule has 178 valence electrons. The molecule has 0 saturated heterocycles. The van der Waals surface area contributed by atoms with Crippen molar-refractivity contribution in [1.29, 1.82) is 0 Å². The highest BCUT2D eigenvalue weighted by Gasteiger charge is 2.24. The molecule has 7 nitrogen and oxygen atoms in total. The van der Waals surface area contributed by atoms with Gasteiger partial charge in [0.25, 0.3) is 0 Å². The molecule has 4 rings (SSSR count). The highest BCUT2D eigenvalue weighted by molar-refractivity contribution is 7.92. The minimum absolute atomic E-state index is 0.317. The van der Waals surface area contributed by atoms with Crippen LogP contribution in [-0.2, 0) is 21.2 Å². The predicted octanol–water partition coefficient (Wildman–Crippen LogP) is 3.81. The van der Waals surface area contributed by atoms with Crippen LogP contribution in [0.1, 0.15) is 12.0 Å². The third-order valence-electron chi connectivity index (χ3n) is 5.70. The largest absolute Gasteiger partial charge is 0.455 e. The molecule has 1 aliphatic rings. The number of anilines is 2. The highest BCUT2D eigenvalue weighted by Crippen LogP contribution is 2.33. The second-order valence-electron chi connectivity index (χ2n) is 8.22. The van der Waals surface area contributed by atoms with Crippen molar-refractivity contribution in [3.8, 4) is 11.5 Å². The lowest BCUT2D eigenvalue weighted by Gasteiger charge is -2.24. The molecule has 0 spiro atoms. The van der Waals surface area contributed by atoms with Crippen LogP contribution in [-0.4, -0.2) is 46.8 Å². The van der Waals surface area contributed by atoms with Crippen molar-refractivity contribution < 1.29 is 17.9 Å². The summed E-state index contributed by atoms with van der Waals surface area (Å²) in [6.07, 6.45) is 2.90. The van der Waals surface area contributed by atoms with Gasteiger partial charge in [-0.2, -0.15) is 0 Å². The number of fused-ring (bicyclic) bond motifs is 1. The van der Waals surface area contributed by atoms with Crippen LogP contribution in [0.15, 0.2) is 78.9 Å². The summed E-state index contributed by atoms with van der Waals surface area (Å²) in [6.45, 7) is 1.96. The van der Waals surface area contributed by atoms with Gasteiger partial charge >= 0.3 is 0 Å². The van der Waals surface area contributed by atoms with E-state index in [1.807, 2.05) is 24.3 Å². The number of carbonyl (C=O) groups excluding carboxylic acids is 1. The maximum Gasteiger partial charge on any atom is 0.240 e. The SMILES string of the molecule is CS(=O)(=O)N(CC(=O)NCCCN1CCc2ccccc21)c1ccccc1Oc1ccccc1. The van der Waals surface area contributed by atoms with Gasteiger partial charge < -0.3 is 15.0 Å². The number of nitrogens with zero attached hydrogens (tertiary/aromatic N) is 2. The Morgan fingerprint density at radius 3 is 2.50 bits per heavy atom. The van der Waals surface area contributed by atoms with Crippen LogP contribution in [0.25, 0.3) is 0 Å². The minimum Gasteiger partial charge on any atom is -0.455 e. The predicted molar refractivity (Wildman–Crippen MR) is 135 cm³/mol. The first-order valence-corrected chi connectivity index (χ1v) is 13.2. The van der Waals surface area contributed by atoms with Gasteiger partial charge in [0.15, 0.2) is 5.75 Å². The smallest absolute Gasteiger partial charge is 0.240 e. The van der Waals surface area contributed by atoms with E-state index in [4.69, 9.17) is 4.74 Å². The average Bonchev–Trinajstić information content (AvgIpc) is 3.24. The second-order valence-corrected chi connectivity index (χ2v) is 10.1. The standard InChI is InChI=1S/C26H29N3O4S/c1-34(31,32)29(24-14-7-8-15-25(24)33-22-11-3-2-4-12-22)20-26(30)27-17-9-18-28-19-16-21-10-5-6-13-23(21)28/h2-8,10-15H,9,16-20H2,1H3,(H,27,30).